The molecule has 164 valence electrons. The first kappa shape index (κ1) is 22.0. The summed E-state index contributed by atoms with van der Waals surface area (Å²) in [5.74, 6) is -0.608. The lowest BCUT2D eigenvalue weighted by atomic mass is 9.86. The minimum Gasteiger partial charge on any atom is -0.347 e. The molecule has 2 aromatic carbocycles. The van der Waals surface area contributed by atoms with Gasteiger partial charge in [-0.3, -0.25) is 9.59 Å². The van der Waals surface area contributed by atoms with Crippen molar-refractivity contribution in [1.29, 1.82) is 5.26 Å². The van der Waals surface area contributed by atoms with E-state index in [2.05, 4.69) is 72.8 Å². The molecule has 1 fully saturated rings. The van der Waals surface area contributed by atoms with Crippen LogP contribution in [0.4, 0.5) is 0 Å². The van der Waals surface area contributed by atoms with Crippen molar-refractivity contribution in [2.45, 2.75) is 51.0 Å². The largest absolute Gasteiger partial charge is 0.347 e. The highest BCUT2D eigenvalue weighted by Crippen LogP contribution is 2.34. The second kappa shape index (κ2) is 8.36. The van der Waals surface area contributed by atoms with Gasteiger partial charge in [0.15, 0.2) is 0 Å². The van der Waals surface area contributed by atoms with E-state index in [1.165, 1.54) is 16.9 Å². The number of hydrogen-bond donors (Lipinski definition) is 2. The average molecular weight is 447 g/mol. The van der Waals surface area contributed by atoms with Crippen LogP contribution in [0.25, 0.3) is 21.3 Å². The molecule has 2 N–H and O–H groups in total. The third kappa shape index (κ3) is 4.97. The molecule has 2 amide bonds. The first-order valence-electron chi connectivity index (χ1n) is 10.7. The fourth-order valence-electron chi connectivity index (χ4n) is 3.47. The Morgan fingerprint density at radius 2 is 1.78 bits per heavy atom. The summed E-state index contributed by atoms with van der Waals surface area (Å²) in [7, 11) is 0. The Morgan fingerprint density at radius 3 is 2.41 bits per heavy atom. The van der Waals surface area contributed by atoms with E-state index in [4.69, 9.17) is 5.26 Å². The number of rotatable bonds is 6. The van der Waals surface area contributed by atoms with Crippen molar-refractivity contribution >= 4 is 33.4 Å². The molecule has 4 rings (SSSR count). The van der Waals surface area contributed by atoms with Crippen LogP contribution in [-0.4, -0.2) is 28.9 Å². The van der Waals surface area contributed by atoms with E-state index in [9.17, 15) is 9.59 Å². The molecule has 0 unspecified atom stereocenters. The molecular formula is C25H26N4O2S. The van der Waals surface area contributed by atoms with E-state index in [1.54, 1.807) is 0 Å². The van der Waals surface area contributed by atoms with Crippen LogP contribution in [0, 0.1) is 11.3 Å². The van der Waals surface area contributed by atoms with Gasteiger partial charge in [0.25, 0.3) is 0 Å². The fraction of sp³-hybridized carbons (Fsp3) is 0.360. The van der Waals surface area contributed by atoms with Gasteiger partial charge in [0.05, 0.1) is 29.3 Å². The molecule has 1 aliphatic rings. The number of fused-ring (bicyclic) bond motifs is 1. The minimum absolute atomic E-state index is 0.114. The van der Waals surface area contributed by atoms with Crippen LogP contribution in [0.15, 0.2) is 42.5 Å². The number of thiazole rings is 1. The molecular weight excluding hydrogens is 420 g/mol. The number of amides is 2. The monoisotopic (exact) mass is 446 g/mol. The van der Waals surface area contributed by atoms with Gasteiger partial charge in [0, 0.05) is 0 Å². The summed E-state index contributed by atoms with van der Waals surface area (Å²) in [6.45, 7) is 6.46. The third-order valence-corrected chi connectivity index (χ3v) is 6.65. The molecule has 0 atom stereocenters. The van der Waals surface area contributed by atoms with Gasteiger partial charge in [0.1, 0.15) is 10.5 Å². The number of carbonyl (C=O) groups is 2. The van der Waals surface area contributed by atoms with Crippen molar-refractivity contribution in [1.82, 2.24) is 15.6 Å². The van der Waals surface area contributed by atoms with Crippen molar-refractivity contribution in [3.05, 3.63) is 53.0 Å². The predicted octanol–water partition coefficient (Wildman–Crippen LogP) is 4.09. The molecule has 6 nitrogen and oxygen atoms in total. The molecule has 0 spiro atoms. The van der Waals surface area contributed by atoms with Crippen molar-refractivity contribution in [2.24, 2.45) is 0 Å². The van der Waals surface area contributed by atoms with Crippen molar-refractivity contribution in [3.8, 4) is 17.2 Å². The number of nitriles is 1. The highest BCUT2D eigenvalue weighted by molar-refractivity contribution is 7.18. The zero-order valence-corrected chi connectivity index (χ0v) is 19.3. The number of nitrogens with one attached hydrogen (secondary N) is 2. The lowest BCUT2D eigenvalue weighted by molar-refractivity contribution is -0.126. The maximum absolute atomic E-state index is 12.3. The number of hydrogen-bond acceptors (Lipinski definition) is 5. The number of aromatic nitrogens is 1. The van der Waals surface area contributed by atoms with Crippen LogP contribution in [0.2, 0.25) is 0 Å². The Morgan fingerprint density at radius 1 is 1.09 bits per heavy atom. The Labute approximate surface area is 191 Å². The first-order valence-corrected chi connectivity index (χ1v) is 11.5. The van der Waals surface area contributed by atoms with E-state index >= 15 is 0 Å². The summed E-state index contributed by atoms with van der Waals surface area (Å²) in [5.41, 5.74) is 3.75. The maximum Gasteiger partial charge on any atom is 0.240 e. The Hall–Kier alpha value is -3.24. The van der Waals surface area contributed by atoms with Crippen LogP contribution in [-0.2, 0) is 21.4 Å². The topological polar surface area (TPSA) is 94.9 Å². The van der Waals surface area contributed by atoms with Gasteiger partial charge < -0.3 is 10.6 Å². The molecule has 1 aromatic heterocycles. The van der Waals surface area contributed by atoms with Crippen LogP contribution < -0.4 is 10.6 Å². The summed E-state index contributed by atoms with van der Waals surface area (Å²) in [5, 5.41) is 15.0. The summed E-state index contributed by atoms with van der Waals surface area (Å²) in [4.78, 5) is 28.8. The van der Waals surface area contributed by atoms with Crippen molar-refractivity contribution < 1.29 is 9.59 Å². The Kier molecular flexibility index (Phi) is 5.74. The first-order chi connectivity index (χ1) is 15.2. The molecule has 3 aromatic rings. The zero-order valence-electron chi connectivity index (χ0n) is 18.5. The van der Waals surface area contributed by atoms with Gasteiger partial charge in [-0.25, -0.2) is 4.98 Å². The smallest absolute Gasteiger partial charge is 0.240 e. The normalized spacial score (nSPS) is 14.6. The quantitative estimate of drug-likeness (QED) is 0.596. The van der Waals surface area contributed by atoms with Gasteiger partial charge in [-0.15, -0.1) is 11.3 Å². The van der Waals surface area contributed by atoms with E-state index in [-0.39, 0.29) is 30.2 Å². The van der Waals surface area contributed by atoms with Gasteiger partial charge >= 0.3 is 0 Å². The van der Waals surface area contributed by atoms with E-state index < -0.39 is 5.54 Å². The molecule has 7 heteroatoms. The summed E-state index contributed by atoms with van der Waals surface area (Å²) in [6.07, 6.45) is 1.45. The van der Waals surface area contributed by atoms with E-state index in [1.807, 2.05) is 12.1 Å². The van der Waals surface area contributed by atoms with Crippen molar-refractivity contribution in [2.75, 3.05) is 6.54 Å². The molecule has 0 aliphatic heterocycles. The average Bonchev–Trinajstić information content (AvgIpc) is 3.41. The van der Waals surface area contributed by atoms with Crippen LogP contribution in [0.5, 0.6) is 0 Å². The van der Waals surface area contributed by atoms with E-state index in [0.717, 1.165) is 21.3 Å². The van der Waals surface area contributed by atoms with E-state index in [0.29, 0.717) is 17.8 Å². The molecule has 1 saturated carbocycles. The summed E-state index contributed by atoms with van der Waals surface area (Å²) < 4.78 is 1.02. The SMILES string of the molecule is CC(C)(C)c1ccc(-c2ccc3sc(CC(=O)NCC(=O)NC4(C#N)CC4)nc3c2)cc1. The summed E-state index contributed by atoms with van der Waals surface area (Å²) in [6, 6.07) is 16.8. The number of benzene rings is 2. The van der Waals surface area contributed by atoms with Crippen LogP contribution in [0.3, 0.4) is 0 Å². The molecule has 1 aliphatic carbocycles. The second-order valence-corrected chi connectivity index (χ2v) is 10.4. The number of nitrogens with zero attached hydrogens (tertiary/aromatic N) is 2. The fourth-order valence-corrected chi connectivity index (χ4v) is 4.42. The predicted molar refractivity (Wildman–Crippen MR) is 126 cm³/mol. The third-order valence-electron chi connectivity index (χ3n) is 5.62. The van der Waals surface area contributed by atoms with Gasteiger partial charge in [-0.2, -0.15) is 5.26 Å². The lowest BCUT2D eigenvalue weighted by Gasteiger charge is -2.19. The van der Waals surface area contributed by atoms with Gasteiger partial charge in [-0.1, -0.05) is 51.1 Å². The standard InChI is InChI=1S/C25H26N4O2S/c1-24(2,3)18-7-4-16(5-8-18)17-6-9-20-19(12-17)28-23(32-20)13-21(30)27-14-22(31)29-25(15-26)10-11-25/h4-9,12H,10-11,13-14H2,1-3H3,(H,27,30)(H,29,31). The molecule has 0 bridgehead atoms. The van der Waals surface area contributed by atoms with Crippen LogP contribution >= 0.6 is 11.3 Å². The molecule has 0 radical (unpaired) electrons. The minimum atomic E-state index is -0.723. The maximum atomic E-state index is 12.3. The lowest BCUT2D eigenvalue weighted by Crippen LogP contribution is -2.43. The van der Waals surface area contributed by atoms with Crippen LogP contribution in [0.1, 0.15) is 44.2 Å². The summed E-state index contributed by atoms with van der Waals surface area (Å²) >= 11 is 1.48. The number of carbonyl (C=O) groups excluding carboxylic acids is 2. The Balaban J connectivity index is 1.39. The van der Waals surface area contributed by atoms with Crippen molar-refractivity contribution in [3.63, 3.8) is 0 Å². The highest BCUT2D eigenvalue weighted by atomic mass is 32.1. The molecule has 1 heterocycles. The molecule has 0 saturated heterocycles. The molecule has 32 heavy (non-hydrogen) atoms. The Bertz CT molecular complexity index is 1210. The second-order valence-electron chi connectivity index (χ2n) is 9.31. The van der Waals surface area contributed by atoms with Gasteiger partial charge in [0.2, 0.25) is 11.8 Å². The van der Waals surface area contributed by atoms with Gasteiger partial charge in [-0.05, 0) is 47.1 Å². The zero-order chi connectivity index (χ0) is 22.9. The highest BCUT2D eigenvalue weighted by Gasteiger charge is 2.44.